The number of amides is 1. The number of nitrogens with two attached hydrogens (primary N) is 1. The number of hydrogen-bond donors (Lipinski definition) is 1. The van der Waals surface area contributed by atoms with Gasteiger partial charge in [-0.1, -0.05) is 11.8 Å². The summed E-state index contributed by atoms with van der Waals surface area (Å²) in [6.07, 6.45) is 0.168. The first-order chi connectivity index (χ1) is 7.61. The van der Waals surface area contributed by atoms with Gasteiger partial charge in [-0.15, -0.1) is 11.3 Å². The van der Waals surface area contributed by atoms with Crippen LogP contribution in [-0.4, -0.2) is 29.2 Å². The molecule has 0 unspecified atom stereocenters. The van der Waals surface area contributed by atoms with E-state index in [9.17, 15) is 9.59 Å². The van der Waals surface area contributed by atoms with Crippen molar-refractivity contribution in [2.24, 2.45) is 5.73 Å². The topological polar surface area (TPSA) is 82.3 Å². The van der Waals surface area contributed by atoms with Gasteiger partial charge in [0, 0.05) is 5.38 Å². The van der Waals surface area contributed by atoms with Gasteiger partial charge in [0.15, 0.2) is 4.34 Å². The van der Waals surface area contributed by atoms with E-state index in [1.807, 2.05) is 0 Å². The van der Waals surface area contributed by atoms with E-state index in [4.69, 9.17) is 10.5 Å². The lowest BCUT2D eigenvalue weighted by atomic mass is 10.3. The molecular formula is C9H12N2O3S2. The van der Waals surface area contributed by atoms with Crippen LogP contribution in [0.3, 0.4) is 0 Å². The standard InChI is InChI=1S/C9H12N2O3S2/c1-2-14-8(13)3-6-4-15-9(11-6)16-5-7(10)12/h4H,2-3,5H2,1H3,(H2,10,12). The van der Waals surface area contributed by atoms with E-state index in [-0.39, 0.29) is 24.1 Å². The first-order valence-corrected chi connectivity index (χ1v) is 6.49. The quantitative estimate of drug-likeness (QED) is 0.605. The third-order valence-electron chi connectivity index (χ3n) is 1.50. The van der Waals surface area contributed by atoms with Gasteiger partial charge >= 0.3 is 5.97 Å². The number of nitrogens with zero attached hydrogens (tertiary/aromatic N) is 1. The predicted octanol–water partition coefficient (Wildman–Crippen LogP) is 0.826. The maximum atomic E-state index is 11.1. The molecule has 0 radical (unpaired) electrons. The molecule has 0 saturated carbocycles. The number of ether oxygens (including phenoxy) is 1. The smallest absolute Gasteiger partial charge is 0.311 e. The molecule has 0 fully saturated rings. The molecular weight excluding hydrogens is 248 g/mol. The summed E-state index contributed by atoms with van der Waals surface area (Å²) >= 11 is 2.66. The van der Waals surface area contributed by atoms with Gasteiger partial charge in [-0.3, -0.25) is 9.59 Å². The normalized spacial score (nSPS) is 10.1. The summed E-state index contributed by atoms with van der Waals surface area (Å²) in [5, 5.41) is 1.78. The van der Waals surface area contributed by atoms with E-state index in [2.05, 4.69) is 4.98 Å². The predicted molar refractivity (Wildman–Crippen MR) is 62.4 cm³/mol. The number of carbonyl (C=O) groups is 2. The van der Waals surface area contributed by atoms with Crippen LogP contribution in [0.15, 0.2) is 9.72 Å². The van der Waals surface area contributed by atoms with Crippen LogP contribution in [0, 0.1) is 0 Å². The van der Waals surface area contributed by atoms with Crippen LogP contribution in [0.1, 0.15) is 12.6 Å². The summed E-state index contributed by atoms with van der Waals surface area (Å²) in [5.41, 5.74) is 5.67. The Morgan fingerprint density at radius 2 is 2.38 bits per heavy atom. The Hall–Kier alpha value is -1.08. The van der Waals surface area contributed by atoms with Crippen molar-refractivity contribution in [2.75, 3.05) is 12.4 Å². The number of thiazole rings is 1. The van der Waals surface area contributed by atoms with Crippen LogP contribution in [-0.2, 0) is 20.7 Å². The van der Waals surface area contributed by atoms with Crippen LogP contribution < -0.4 is 5.73 Å². The molecule has 88 valence electrons. The van der Waals surface area contributed by atoms with Gasteiger partial charge in [0.1, 0.15) is 0 Å². The average molecular weight is 260 g/mol. The zero-order valence-corrected chi connectivity index (χ0v) is 10.4. The fraction of sp³-hybridized carbons (Fsp3) is 0.444. The number of aromatic nitrogens is 1. The van der Waals surface area contributed by atoms with Crippen LogP contribution >= 0.6 is 23.1 Å². The van der Waals surface area contributed by atoms with Gasteiger partial charge in [-0.05, 0) is 6.92 Å². The van der Waals surface area contributed by atoms with Crippen molar-refractivity contribution < 1.29 is 14.3 Å². The molecule has 0 aromatic carbocycles. The minimum absolute atomic E-state index is 0.168. The summed E-state index contributed by atoms with van der Waals surface area (Å²) < 4.78 is 5.53. The zero-order valence-electron chi connectivity index (χ0n) is 8.76. The largest absolute Gasteiger partial charge is 0.466 e. The first-order valence-electron chi connectivity index (χ1n) is 4.63. The molecule has 1 aromatic rings. The highest BCUT2D eigenvalue weighted by atomic mass is 32.2. The summed E-state index contributed by atoms with van der Waals surface area (Å²) in [4.78, 5) is 25.9. The zero-order chi connectivity index (χ0) is 12.0. The van der Waals surface area contributed by atoms with Gasteiger partial charge in [0.25, 0.3) is 0 Å². The molecule has 1 rings (SSSR count). The van der Waals surface area contributed by atoms with Crippen molar-refractivity contribution in [1.82, 2.24) is 4.98 Å². The second kappa shape index (κ2) is 6.49. The molecule has 0 bridgehead atoms. The monoisotopic (exact) mass is 260 g/mol. The highest BCUT2D eigenvalue weighted by Gasteiger charge is 2.09. The lowest BCUT2D eigenvalue weighted by Gasteiger charge is -1.97. The van der Waals surface area contributed by atoms with Crippen molar-refractivity contribution in [3.05, 3.63) is 11.1 Å². The molecule has 1 amide bonds. The number of hydrogen-bond acceptors (Lipinski definition) is 6. The third-order valence-corrected chi connectivity index (χ3v) is 3.59. The van der Waals surface area contributed by atoms with Gasteiger partial charge < -0.3 is 10.5 Å². The SMILES string of the molecule is CCOC(=O)Cc1csc(SCC(N)=O)n1. The Bertz CT molecular complexity index is 379. The minimum Gasteiger partial charge on any atom is -0.466 e. The lowest BCUT2D eigenvalue weighted by molar-refractivity contribution is -0.142. The molecule has 0 spiro atoms. The summed E-state index contributed by atoms with van der Waals surface area (Å²) in [5.74, 6) is -0.474. The third kappa shape index (κ3) is 4.63. The lowest BCUT2D eigenvalue weighted by Crippen LogP contribution is -2.12. The highest BCUT2D eigenvalue weighted by molar-refractivity contribution is 8.01. The fourth-order valence-corrected chi connectivity index (χ4v) is 2.51. The van der Waals surface area contributed by atoms with Crippen molar-refractivity contribution in [1.29, 1.82) is 0 Å². The average Bonchev–Trinajstić information content (AvgIpc) is 2.63. The van der Waals surface area contributed by atoms with E-state index in [0.717, 1.165) is 4.34 Å². The molecule has 7 heteroatoms. The molecule has 0 atom stereocenters. The van der Waals surface area contributed by atoms with Crippen LogP contribution in [0.4, 0.5) is 0 Å². The highest BCUT2D eigenvalue weighted by Crippen LogP contribution is 2.22. The summed E-state index contributed by atoms with van der Waals surface area (Å²) in [6, 6.07) is 0. The minimum atomic E-state index is -0.382. The Balaban J connectivity index is 2.45. The Morgan fingerprint density at radius 3 is 3.00 bits per heavy atom. The molecule has 1 heterocycles. The van der Waals surface area contributed by atoms with E-state index in [1.54, 1.807) is 12.3 Å². The van der Waals surface area contributed by atoms with Crippen molar-refractivity contribution >= 4 is 35.0 Å². The Labute approximate surface area is 101 Å². The van der Waals surface area contributed by atoms with E-state index < -0.39 is 0 Å². The van der Waals surface area contributed by atoms with Gasteiger partial charge in [-0.25, -0.2) is 4.98 Å². The Kier molecular flexibility index (Phi) is 5.27. The Morgan fingerprint density at radius 1 is 1.62 bits per heavy atom. The second-order valence-corrected chi connectivity index (χ2v) is 4.92. The van der Waals surface area contributed by atoms with Crippen LogP contribution in [0.25, 0.3) is 0 Å². The molecule has 0 aliphatic heterocycles. The van der Waals surface area contributed by atoms with Gasteiger partial charge in [0.2, 0.25) is 5.91 Å². The molecule has 0 aliphatic carbocycles. The van der Waals surface area contributed by atoms with Gasteiger partial charge in [-0.2, -0.15) is 0 Å². The molecule has 2 N–H and O–H groups in total. The number of thioether (sulfide) groups is 1. The fourth-order valence-electron chi connectivity index (χ4n) is 0.929. The van der Waals surface area contributed by atoms with E-state index in [0.29, 0.717) is 12.3 Å². The maximum absolute atomic E-state index is 11.1. The first kappa shape index (κ1) is 13.0. The summed E-state index contributed by atoms with van der Waals surface area (Å²) in [7, 11) is 0. The van der Waals surface area contributed by atoms with Crippen LogP contribution in [0.2, 0.25) is 0 Å². The number of carbonyl (C=O) groups excluding carboxylic acids is 2. The van der Waals surface area contributed by atoms with Crippen LogP contribution in [0.5, 0.6) is 0 Å². The molecule has 0 aliphatic rings. The maximum Gasteiger partial charge on any atom is 0.311 e. The number of primary amides is 1. The van der Waals surface area contributed by atoms with E-state index in [1.165, 1.54) is 23.1 Å². The molecule has 1 aromatic heterocycles. The molecule has 0 saturated heterocycles. The second-order valence-electron chi connectivity index (χ2n) is 2.84. The van der Waals surface area contributed by atoms with Crippen molar-refractivity contribution in [2.45, 2.75) is 17.7 Å². The summed E-state index contributed by atoms with van der Waals surface area (Å²) in [6.45, 7) is 2.12. The van der Waals surface area contributed by atoms with Crippen molar-refractivity contribution in [3.8, 4) is 0 Å². The molecule has 16 heavy (non-hydrogen) atoms. The number of rotatable bonds is 6. The number of esters is 1. The van der Waals surface area contributed by atoms with E-state index >= 15 is 0 Å². The van der Waals surface area contributed by atoms with Gasteiger partial charge in [0.05, 0.1) is 24.5 Å². The molecule has 5 nitrogen and oxygen atoms in total. The van der Waals surface area contributed by atoms with Crippen molar-refractivity contribution in [3.63, 3.8) is 0 Å².